The highest BCUT2D eigenvalue weighted by Gasteiger charge is 2.18. The minimum atomic E-state index is 0.0400. The molecule has 1 amide bonds. The molecule has 0 saturated carbocycles. The Morgan fingerprint density at radius 2 is 1.73 bits per heavy atom. The maximum absolute atomic E-state index is 12.4. The Hall–Kier alpha value is -2.44. The van der Waals surface area contributed by atoms with Crippen molar-refractivity contribution in [1.82, 2.24) is 10.2 Å². The van der Waals surface area contributed by atoms with Gasteiger partial charge in [0.15, 0.2) is 5.11 Å². The maximum atomic E-state index is 12.4. The second-order valence-electron chi connectivity index (χ2n) is 6.21. The van der Waals surface area contributed by atoms with Crippen LogP contribution in [0.2, 0.25) is 0 Å². The van der Waals surface area contributed by atoms with Gasteiger partial charge in [0, 0.05) is 24.3 Å². The molecule has 2 aromatic rings. The average molecular weight is 369 g/mol. The summed E-state index contributed by atoms with van der Waals surface area (Å²) < 4.78 is 5.29. The molecule has 1 atom stereocenters. The van der Waals surface area contributed by atoms with E-state index in [9.17, 15) is 4.79 Å². The third-order valence-corrected chi connectivity index (χ3v) is 4.56. The van der Waals surface area contributed by atoms with Gasteiger partial charge in [-0.15, -0.1) is 0 Å². The van der Waals surface area contributed by atoms with Crippen molar-refractivity contribution in [1.29, 1.82) is 0 Å². The number of hydrogen-bond donors (Lipinski definition) is 2. The van der Waals surface area contributed by atoms with E-state index in [1.54, 1.807) is 0 Å². The number of morpholine rings is 1. The van der Waals surface area contributed by atoms with Gasteiger partial charge in [-0.1, -0.05) is 30.3 Å². The van der Waals surface area contributed by atoms with Crippen molar-refractivity contribution in [2.75, 3.05) is 31.6 Å². The fraction of sp³-hybridized carbons (Fsp3) is 0.300. The number of anilines is 1. The summed E-state index contributed by atoms with van der Waals surface area (Å²) in [5.74, 6) is 0.0400. The summed E-state index contributed by atoms with van der Waals surface area (Å²) >= 11 is 5.39. The van der Waals surface area contributed by atoms with Crippen LogP contribution in [0.1, 0.15) is 28.9 Å². The summed E-state index contributed by atoms with van der Waals surface area (Å²) in [5.41, 5.74) is 2.69. The molecule has 1 aliphatic heterocycles. The molecule has 1 heterocycles. The van der Waals surface area contributed by atoms with Gasteiger partial charge in [-0.25, -0.2) is 0 Å². The lowest BCUT2D eigenvalue weighted by Crippen LogP contribution is -2.40. The Bertz CT molecular complexity index is 743. The van der Waals surface area contributed by atoms with Crippen LogP contribution in [0.5, 0.6) is 0 Å². The van der Waals surface area contributed by atoms with E-state index in [1.807, 2.05) is 47.4 Å². The van der Waals surface area contributed by atoms with Crippen molar-refractivity contribution in [2.24, 2.45) is 0 Å². The summed E-state index contributed by atoms with van der Waals surface area (Å²) in [6.07, 6.45) is 0. The van der Waals surface area contributed by atoms with Gasteiger partial charge in [0.25, 0.3) is 5.91 Å². The van der Waals surface area contributed by atoms with E-state index in [0.29, 0.717) is 37.0 Å². The lowest BCUT2D eigenvalue weighted by molar-refractivity contribution is 0.0303. The van der Waals surface area contributed by atoms with E-state index in [4.69, 9.17) is 17.0 Å². The van der Waals surface area contributed by atoms with Crippen molar-refractivity contribution in [2.45, 2.75) is 13.0 Å². The topological polar surface area (TPSA) is 53.6 Å². The van der Waals surface area contributed by atoms with Gasteiger partial charge in [-0.05, 0) is 49.0 Å². The zero-order valence-corrected chi connectivity index (χ0v) is 15.6. The summed E-state index contributed by atoms with van der Waals surface area (Å²) in [6, 6.07) is 17.6. The van der Waals surface area contributed by atoms with Crippen LogP contribution in [0.15, 0.2) is 54.6 Å². The Balaban J connectivity index is 1.55. The zero-order valence-electron chi connectivity index (χ0n) is 14.8. The van der Waals surface area contributed by atoms with Gasteiger partial charge >= 0.3 is 0 Å². The van der Waals surface area contributed by atoms with Gasteiger partial charge < -0.3 is 20.3 Å². The van der Waals surface area contributed by atoms with E-state index in [2.05, 4.69) is 29.7 Å². The Labute approximate surface area is 159 Å². The zero-order chi connectivity index (χ0) is 18.4. The molecule has 0 spiro atoms. The number of nitrogens with one attached hydrogen (secondary N) is 2. The molecule has 5 nitrogen and oxygen atoms in total. The van der Waals surface area contributed by atoms with Crippen LogP contribution in [-0.2, 0) is 4.74 Å². The van der Waals surface area contributed by atoms with Crippen molar-refractivity contribution >= 4 is 28.9 Å². The highest BCUT2D eigenvalue weighted by Crippen LogP contribution is 2.14. The first kappa shape index (κ1) is 18.4. The molecule has 1 aliphatic rings. The van der Waals surface area contributed by atoms with Gasteiger partial charge in [0.05, 0.1) is 19.3 Å². The van der Waals surface area contributed by atoms with Crippen LogP contribution in [0.3, 0.4) is 0 Å². The fourth-order valence-electron chi connectivity index (χ4n) is 2.83. The van der Waals surface area contributed by atoms with Crippen LogP contribution < -0.4 is 10.6 Å². The van der Waals surface area contributed by atoms with Crippen LogP contribution in [0, 0.1) is 0 Å². The predicted octanol–water partition coefficient (Wildman–Crippen LogP) is 3.21. The molecule has 1 unspecified atom stereocenters. The number of nitrogens with zero attached hydrogens (tertiary/aromatic N) is 1. The number of carbonyl (C=O) groups excluding carboxylic acids is 1. The maximum Gasteiger partial charge on any atom is 0.254 e. The van der Waals surface area contributed by atoms with Crippen LogP contribution >= 0.6 is 12.2 Å². The smallest absolute Gasteiger partial charge is 0.254 e. The van der Waals surface area contributed by atoms with Crippen LogP contribution in [0.25, 0.3) is 0 Å². The molecule has 0 aromatic heterocycles. The Kier molecular flexibility index (Phi) is 6.20. The van der Waals surface area contributed by atoms with E-state index in [-0.39, 0.29) is 11.9 Å². The molecule has 1 fully saturated rings. The van der Waals surface area contributed by atoms with Gasteiger partial charge in [0.1, 0.15) is 0 Å². The number of benzene rings is 2. The molecule has 0 radical (unpaired) electrons. The number of ether oxygens (including phenoxy) is 1. The molecule has 3 rings (SSSR count). The molecule has 6 heteroatoms. The lowest BCUT2D eigenvalue weighted by atomic mass is 10.1. The Morgan fingerprint density at radius 1 is 1.08 bits per heavy atom. The molecular weight excluding hydrogens is 346 g/mol. The summed E-state index contributed by atoms with van der Waals surface area (Å²) in [6.45, 7) is 4.55. The molecule has 0 aliphatic carbocycles. The summed E-state index contributed by atoms with van der Waals surface area (Å²) in [5, 5.41) is 6.98. The third-order valence-electron chi connectivity index (χ3n) is 4.34. The van der Waals surface area contributed by atoms with Crippen LogP contribution in [0.4, 0.5) is 5.69 Å². The first-order chi connectivity index (χ1) is 12.6. The molecule has 2 N–H and O–H groups in total. The lowest BCUT2D eigenvalue weighted by Gasteiger charge is -2.26. The second kappa shape index (κ2) is 8.78. The molecule has 1 saturated heterocycles. The molecule has 136 valence electrons. The van der Waals surface area contributed by atoms with E-state index in [0.717, 1.165) is 5.69 Å². The molecular formula is C20H23N3O2S. The number of thiocarbonyl (C=S) groups is 1. The largest absolute Gasteiger partial charge is 0.378 e. The predicted molar refractivity (Wildman–Crippen MR) is 107 cm³/mol. The van der Waals surface area contributed by atoms with E-state index < -0.39 is 0 Å². The molecule has 26 heavy (non-hydrogen) atoms. The molecule has 0 bridgehead atoms. The quantitative estimate of drug-likeness (QED) is 0.811. The summed E-state index contributed by atoms with van der Waals surface area (Å²) in [4.78, 5) is 14.3. The summed E-state index contributed by atoms with van der Waals surface area (Å²) in [7, 11) is 0. The number of rotatable bonds is 4. The average Bonchev–Trinajstić information content (AvgIpc) is 2.69. The third kappa shape index (κ3) is 4.80. The standard InChI is InChI=1S/C20H23N3O2S/c1-15(16-5-3-2-4-6-16)21-20(26)22-18-9-7-17(8-10-18)19(24)23-11-13-25-14-12-23/h2-10,15H,11-14H2,1H3,(H2,21,22,26). The van der Waals surface area contributed by atoms with Crippen LogP contribution in [-0.4, -0.2) is 42.2 Å². The minimum absolute atomic E-state index is 0.0400. The van der Waals surface area contributed by atoms with Gasteiger partial charge in [-0.2, -0.15) is 0 Å². The van der Waals surface area contributed by atoms with E-state index >= 15 is 0 Å². The van der Waals surface area contributed by atoms with E-state index in [1.165, 1.54) is 5.56 Å². The molecule has 2 aromatic carbocycles. The van der Waals surface area contributed by atoms with Crippen molar-refractivity contribution in [3.05, 3.63) is 65.7 Å². The number of amides is 1. The van der Waals surface area contributed by atoms with Gasteiger partial charge in [0.2, 0.25) is 0 Å². The second-order valence-corrected chi connectivity index (χ2v) is 6.62. The Morgan fingerprint density at radius 3 is 2.38 bits per heavy atom. The highest BCUT2D eigenvalue weighted by atomic mass is 32.1. The highest BCUT2D eigenvalue weighted by molar-refractivity contribution is 7.80. The van der Waals surface area contributed by atoms with Crippen molar-refractivity contribution in [3.63, 3.8) is 0 Å². The van der Waals surface area contributed by atoms with Gasteiger partial charge in [-0.3, -0.25) is 4.79 Å². The SMILES string of the molecule is CC(NC(=S)Nc1ccc(C(=O)N2CCOCC2)cc1)c1ccccc1. The van der Waals surface area contributed by atoms with Crippen molar-refractivity contribution in [3.8, 4) is 0 Å². The normalized spacial score (nSPS) is 15.2. The number of carbonyl (C=O) groups is 1. The number of hydrogen-bond acceptors (Lipinski definition) is 3. The monoisotopic (exact) mass is 369 g/mol. The van der Waals surface area contributed by atoms with Crippen molar-refractivity contribution < 1.29 is 9.53 Å². The first-order valence-electron chi connectivity index (χ1n) is 8.73. The first-order valence-corrected chi connectivity index (χ1v) is 9.14. The fourth-order valence-corrected chi connectivity index (χ4v) is 3.13. The minimum Gasteiger partial charge on any atom is -0.378 e.